The minimum Gasteiger partial charge on any atom is -0.497 e. The third-order valence-corrected chi connectivity index (χ3v) is 5.66. The molecule has 3 rings (SSSR count). The van der Waals surface area contributed by atoms with Crippen LogP contribution in [0.4, 0.5) is 0 Å². The summed E-state index contributed by atoms with van der Waals surface area (Å²) >= 11 is 0. The van der Waals surface area contributed by atoms with Gasteiger partial charge in [0.05, 0.1) is 32.9 Å². The van der Waals surface area contributed by atoms with E-state index in [1.54, 1.807) is 13.2 Å². The summed E-state index contributed by atoms with van der Waals surface area (Å²) in [6, 6.07) is 13.4. The zero-order chi connectivity index (χ0) is 22.2. The summed E-state index contributed by atoms with van der Waals surface area (Å²) in [6.45, 7) is 7.29. The third kappa shape index (κ3) is 6.29. The van der Waals surface area contributed by atoms with E-state index in [1.165, 1.54) is 0 Å². The fourth-order valence-electron chi connectivity index (χ4n) is 3.59. The van der Waals surface area contributed by atoms with Gasteiger partial charge in [-0.25, -0.2) is 0 Å². The fraction of sp³-hybridized carbons (Fsp3) is 0.417. The number of amides is 2. The van der Waals surface area contributed by atoms with Crippen molar-refractivity contribution in [2.75, 3.05) is 46.5 Å². The number of aryl methyl sites for hydroxylation is 2. The molecule has 2 N–H and O–H groups in total. The highest BCUT2D eigenvalue weighted by molar-refractivity contribution is 5.96. The van der Waals surface area contributed by atoms with Gasteiger partial charge < -0.3 is 20.1 Å². The van der Waals surface area contributed by atoms with E-state index in [0.29, 0.717) is 25.3 Å². The lowest BCUT2D eigenvalue weighted by Crippen LogP contribution is -2.45. The highest BCUT2D eigenvalue weighted by Crippen LogP contribution is 2.23. The minimum absolute atomic E-state index is 0.0224. The lowest BCUT2D eigenvalue weighted by Gasteiger charge is -2.35. The van der Waals surface area contributed by atoms with Crippen LogP contribution in [0.5, 0.6) is 5.75 Å². The zero-order valence-corrected chi connectivity index (χ0v) is 18.4. The number of hydrogen-bond donors (Lipinski definition) is 2. The molecule has 0 saturated carbocycles. The summed E-state index contributed by atoms with van der Waals surface area (Å²) in [4.78, 5) is 27.1. The first kappa shape index (κ1) is 22.8. The van der Waals surface area contributed by atoms with Crippen LogP contribution in [0.2, 0.25) is 0 Å². The lowest BCUT2D eigenvalue weighted by atomic mass is 10.0. The molecule has 1 saturated heterocycles. The summed E-state index contributed by atoms with van der Waals surface area (Å²) in [7, 11) is 1.64. The first-order valence-corrected chi connectivity index (χ1v) is 10.6. The molecular formula is C24H31N3O4. The molecule has 1 heterocycles. The minimum atomic E-state index is -0.252. The number of carbonyl (C=O) groups is 2. The van der Waals surface area contributed by atoms with Gasteiger partial charge in [-0.1, -0.05) is 18.2 Å². The SMILES string of the molecule is COc1ccc(C(CNC(=O)CNC(=O)c2ccc(C)c(C)c2)N2CCOCC2)cc1. The van der Waals surface area contributed by atoms with Gasteiger partial charge in [-0.3, -0.25) is 14.5 Å². The van der Waals surface area contributed by atoms with Gasteiger partial charge in [0.15, 0.2) is 0 Å². The van der Waals surface area contributed by atoms with Crippen molar-refractivity contribution in [2.45, 2.75) is 19.9 Å². The molecular weight excluding hydrogens is 394 g/mol. The van der Waals surface area contributed by atoms with E-state index in [9.17, 15) is 9.59 Å². The highest BCUT2D eigenvalue weighted by Gasteiger charge is 2.23. The van der Waals surface area contributed by atoms with Crippen LogP contribution in [0.25, 0.3) is 0 Å². The zero-order valence-electron chi connectivity index (χ0n) is 18.4. The Morgan fingerprint density at radius 1 is 1.03 bits per heavy atom. The number of morpholine rings is 1. The number of nitrogens with zero attached hydrogens (tertiary/aromatic N) is 1. The number of rotatable bonds is 8. The quantitative estimate of drug-likeness (QED) is 0.678. The smallest absolute Gasteiger partial charge is 0.251 e. The molecule has 0 bridgehead atoms. The summed E-state index contributed by atoms with van der Waals surface area (Å²) in [6.07, 6.45) is 0. The summed E-state index contributed by atoms with van der Waals surface area (Å²) < 4.78 is 10.7. The normalized spacial score (nSPS) is 15.2. The first-order valence-electron chi connectivity index (χ1n) is 10.6. The van der Waals surface area contributed by atoms with E-state index in [-0.39, 0.29) is 24.4 Å². The Morgan fingerprint density at radius 3 is 2.39 bits per heavy atom. The van der Waals surface area contributed by atoms with E-state index >= 15 is 0 Å². The van der Waals surface area contributed by atoms with Crippen LogP contribution in [0.1, 0.15) is 33.1 Å². The Bertz CT molecular complexity index is 892. The number of ether oxygens (including phenoxy) is 2. The molecule has 2 amide bonds. The molecule has 31 heavy (non-hydrogen) atoms. The van der Waals surface area contributed by atoms with Crippen LogP contribution < -0.4 is 15.4 Å². The third-order valence-electron chi connectivity index (χ3n) is 5.66. The monoisotopic (exact) mass is 425 g/mol. The van der Waals surface area contributed by atoms with Crippen LogP contribution in [0.15, 0.2) is 42.5 Å². The van der Waals surface area contributed by atoms with Crippen molar-refractivity contribution in [1.29, 1.82) is 0 Å². The molecule has 1 aliphatic rings. The molecule has 1 atom stereocenters. The van der Waals surface area contributed by atoms with E-state index in [1.807, 2.05) is 50.2 Å². The molecule has 0 aliphatic carbocycles. The highest BCUT2D eigenvalue weighted by atomic mass is 16.5. The Morgan fingerprint density at radius 2 is 1.74 bits per heavy atom. The van der Waals surface area contributed by atoms with Crippen molar-refractivity contribution in [3.8, 4) is 5.75 Å². The second-order valence-electron chi connectivity index (χ2n) is 7.72. The summed E-state index contributed by atoms with van der Waals surface area (Å²) in [5.41, 5.74) is 3.83. The van der Waals surface area contributed by atoms with Gasteiger partial charge in [0, 0.05) is 25.2 Å². The molecule has 0 radical (unpaired) electrons. The topological polar surface area (TPSA) is 79.9 Å². The second-order valence-corrected chi connectivity index (χ2v) is 7.72. The van der Waals surface area contributed by atoms with Crippen molar-refractivity contribution >= 4 is 11.8 Å². The second kappa shape index (κ2) is 10.9. The van der Waals surface area contributed by atoms with Crippen molar-refractivity contribution in [2.24, 2.45) is 0 Å². The van der Waals surface area contributed by atoms with Gasteiger partial charge in [-0.15, -0.1) is 0 Å². The van der Waals surface area contributed by atoms with Crippen LogP contribution >= 0.6 is 0 Å². The van der Waals surface area contributed by atoms with E-state index in [0.717, 1.165) is 35.5 Å². The van der Waals surface area contributed by atoms with Gasteiger partial charge in [0.25, 0.3) is 5.91 Å². The maximum atomic E-state index is 12.4. The predicted octanol–water partition coefficient (Wildman–Crippen LogP) is 2.23. The van der Waals surface area contributed by atoms with Crippen molar-refractivity contribution in [3.63, 3.8) is 0 Å². The van der Waals surface area contributed by atoms with Crippen LogP contribution in [0.3, 0.4) is 0 Å². The van der Waals surface area contributed by atoms with E-state index in [4.69, 9.17) is 9.47 Å². The number of benzene rings is 2. The number of nitrogens with one attached hydrogen (secondary N) is 2. The van der Waals surface area contributed by atoms with Gasteiger partial charge in [-0.05, 0) is 54.8 Å². The van der Waals surface area contributed by atoms with Crippen molar-refractivity contribution in [3.05, 3.63) is 64.7 Å². The molecule has 0 spiro atoms. The predicted molar refractivity (Wildman–Crippen MR) is 119 cm³/mol. The van der Waals surface area contributed by atoms with E-state index < -0.39 is 0 Å². The van der Waals surface area contributed by atoms with Crippen molar-refractivity contribution < 1.29 is 19.1 Å². The summed E-state index contributed by atoms with van der Waals surface area (Å²) in [5, 5.41) is 5.67. The van der Waals surface area contributed by atoms with Gasteiger partial charge >= 0.3 is 0 Å². The molecule has 0 aromatic heterocycles. The van der Waals surface area contributed by atoms with Crippen LogP contribution in [-0.4, -0.2) is 63.2 Å². The molecule has 2 aromatic rings. The van der Waals surface area contributed by atoms with Gasteiger partial charge in [-0.2, -0.15) is 0 Å². The maximum absolute atomic E-state index is 12.4. The molecule has 7 nitrogen and oxygen atoms in total. The Labute approximate surface area is 183 Å². The van der Waals surface area contributed by atoms with E-state index in [2.05, 4.69) is 15.5 Å². The van der Waals surface area contributed by atoms with Gasteiger partial charge in [0.2, 0.25) is 5.91 Å². The Kier molecular flexibility index (Phi) is 8.03. The average Bonchev–Trinajstić information content (AvgIpc) is 2.80. The average molecular weight is 426 g/mol. The number of methoxy groups -OCH3 is 1. The first-order chi connectivity index (χ1) is 15.0. The largest absolute Gasteiger partial charge is 0.497 e. The molecule has 2 aromatic carbocycles. The lowest BCUT2D eigenvalue weighted by molar-refractivity contribution is -0.120. The standard InChI is InChI=1S/C24H31N3O4/c1-17-4-5-20(14-18(17)2)24(29)26-16-23(28)25-15-22(27-10-12-31-13-11-27)19-6-8-21(30-3)9-7-19/h4-9,14,22H,10-13,15-16H2,1-3H3,(H,25,28)(H,26,29). The molecule has 166 valence electrons. The number of hydrogen-bond acceptors (Lipinski definition) is 5. The van der Waals surface area contributed by atoms with Gasteiger partial charge in [0.1, 0.15) is 5.75 Å². The Hall–Kier alpha value is -2.90. The molecule has 1 fully saturated rings. The van der Waals surface area contributed by atoms with Crippen LogP contribution in [-0.2, 0) is 9.53 Å². The molecule has 7 heteroatoms. The van der Waals surface area contributed by atoms with Crippen molar-refractivity contribution in [1.82, 2.24) is 15.5 Å². The summed E-state index contributed by atoms with van der Waals surface area (Å²) in [5.74, 6) is 0.324. The maximum Gasteiger partial charge on any atom is 0.251 e. The number of carbonyl (C=O) groups excluding carboxylic acids is 2. The molecule has 1 unspecified atom stereocenters. The fourth-order valence-corrected chi connectivity index (χ4v) is 3.59. The molecule has 1 aliphatic heterocycles. The van der Waals surface area contributed by atoms with Crippen LogP contribution in [0, 0.1) is 13.8 Å². The Balaban J connectivity index is 1.57.